The summed E-state index contributed by atoms with van der Waals surface area (Å²) in [5.74, 6) is -0.00867. The molecule has 1 aliphatic rings. The van der Waals surface area contributed by atoms with Gasteiger partial charge >= 0.3 is 0 Å². The normalized spacial score (nSPS) is 22.3. The average Bonchev–Trinajstić information content (AvgIpc) is 3.02. The Hall–Kier alpha value is -1.72. The molecule has 2 aromatic rings. The topological polar surface area (TPSA) is 42.4 Å². The van der Waals surface area contributed by atoms with Crippen molar-refractivity contribution in [2.75, 3.05) is 13.2 Å². The van der Waals surface area contributed by atoms with Gasteiger partial charge < -0.3 is 9.64 Å². The molecule has 0 radical (unpaired) electrons. The number of benzene rings is 1. The monoisotopic (exact) mass is 302 g/mol. The maximum Gasteiger partial charge on any atom is 0.273 e. The molecule has 1 aromatic heterocycles. The number of ether oxygens (including phenoxy) is 1. The van der Waals surface area contributed by atoms with Gasteiger partial charge in [0.15, 0.2) is 0 Å². The number of morpholine rings is 1. The summed E-state index contributed by atoms with van der Waals surface area (Å²) in [5.41, 5.74) is 4.56. The molecule has 1 fully saturated rings. The second-order valence-corrected chi connectivity index (χ2v) is 6.08. The molecular formula is C16H18N2O2S. The van der Waals surface area contributed by atoms with Gasteiger partial charge in [-0.05, 0) is 25.0 Å². The van der Waals surface area contributed by atoms with Gasteiger partial charge in [-0.25, -0.2) is 4.98 Å². The van der Waals surface area contributed by atoms with Crippen molar-refractivity contribution in [3.8, 4) is 0 Å². The molecule has 0 unspecified atom stereocenters. The highest BCUT2D eigenvalue weighted by molar-refractivity contribution is 7.07. The van der Waals surface area contributed by atoms with Crippen LogP contribution in [0.5, 0.6) is 0 Å². The van der Waals surface area contributed by atoms with Gasteiger partial charge in [0.1, 0.15) is 11.8 Å². The van der Waals surface area contributed by atoms with Crippen molar-refractivity contribution in [3.63, 3.8) is 0 Å². The molecule has 2 atom stereocenters. The molecule has 3 rings (SSSR count). The zero-order chi connectivity index (χ0) is 14.8. The highest BCUT2D eigenvalue weighted by atomic mass is 32.1. The van der Waals surface area contributed by atoms with E-state index in [1.165, 1.54) is 16.9 Å². The number of amides is 1. The second kappa shape index (κ2) is 5.95. The fraction of sp³-hybridized carbons (Fsp3) is 0.375. The minimum atomic E-state index is -0.0648. The molecule has 0 N–H and O–H groups in total. The minimum absolute atomic E-state index is 0.00867. The summed E-state index contributed by atoms with van der Waals surface area (Å²) >= 11 is 1.44. The fourth-order valence-corrected chi connectivity index (χ4v) is 3.17. The largest absolute Gasteiger partial charge is 0.370 e. The van der Waals surface area contributed by atoms with Gasteiger partial charge in [0.2, 0.25) is 0 Å². The number of aromatic nitrogens is 1. The molecule has 21 heavy (non-hydrogen) atoms. The van der Waals surface area contributed by atoms with Crippen molar-refractivity contribution in [2.45, 2.75) is 26.0 Å². The van der Waals surface area contributed by atoms with Crippen molar-refractivity contribution in [2.24, 2.45) is 0 Å². The van der Waals surface area contributed by atoms with Gasteiger partial charge in [0.25, 0.3) is 5.91 Å². The lowest BCUT2D eigenvalue weighted by molar-refractivity contribution is -0.0490. The van der Waals surface area contributed by atoms with Gasteiger partial charge in [-0.1, -0.05) is 24.3 Å². The average molecular weight is 302 g/mol. The predicted molar refractivity (Wildman–Crippen MR) is 82.5 cm³/mol. The zero-order valence-corrected chi connectivity index (χ0v) is 13.0. The lowest BCUT2D eigenvalue weighted by Gasteiger charge is -2.38. The standard InChI is InChI=1S/C16H18N2O2S/c1-11-5-3-4-6-13(11)15-7-18(12(2)8-20-15)16(19)14-9-21-10-17-14/h3-6,9-10,12,15H,7-8H2,1-2H3/t12-,15+/m1/s1. The van der Waals surface area contributed by atoms with E-state index in [2.05, 4.69) is 24.0 Å². The van der Waals surface area contributed by atoms with Crippen LogP contribution in [0.1, 0.15) is 34.6 Å². The first-order valence-electron chi connectivity index (χ1n) is 7.03. The van der Waals surface area contributed by atoms with E-state index in [1.54, 1.807) is 10.9 Å². The SMILES string of the molecule is Cc1ccccc1[C@@H]1CN(C(=O)c2cscn2)[C@H](C)CO1. The number of nitrogens with zero attached hydrogens (tertiary/aromatic N) is 2. The number of rotatable bonds is 2. The molecule has 0 saturated carbocycles. The van der Waals surface area contributed by atoms with Crippen LogP contribution in [0.15, 0.2) is 35.2 Å². The van der Waals surface area contributed by atoms with Gasteiger partial charge in [0.05, 0.1) is 24.7 Å². The molecule has 0 bridgehead atoms. The van der Waals surface area contributed by atoms with Crippen molar-refractivity contribution >= 4 is 17.2 Å². The third kappa shape index (κ3) is 2.84. The summed E-state index contributed by atoms with van der Waals surface area (Å²) in [5, 5.41) is 1.80. The Morgan fingerprint density at radius 2 is 2.24 bits per heavy atom. The van der Waals surface area contributed by atoms with Crippen LogP contribution in [-0.4, -0.2) is 35.0 Å². The Morgan fingerprint density at radius 1 is 1.43 bits per heavy atom. The van der Waals surface area contributed by atoms with Crippen LogP contribution in [0.3, 0.4) is 0 Å². The van der Waals surface area contributed by atoms with Crippen LogP contribution in [0.4, 0.5) is 0 Å². The summed E-state index contributed by atoms with van der Waals surface area (Å²) in [6.07, 6.45) is -0.0648. The Bertz CT molecular complexity index is 627. The highest BCUT2D eigenvalue weighted by Gasteiger charge is 2.32. The summed E-state index contributed by atoms with van der Waals surface area (Å²) in [6.45, 7) is 5.21. The third-order valence-corrected chi connectivity index (χ3v) is 4.47. The van der Waals surface area contributed by atoms with Crippen molar-refractivity contribution < 1.29 is 9.53 Å². The maximum atomic E-state index is 12.5. The fourth-order valence-electron chi connectivity index (χ4n) is 2.64. The second-order valence-electron chi connectivity index (χ2n) is 5.36. The van der Waals surface area contributed by atoms with Crippen LogP contribution in [0, 0.1) is 6.92 Å². The summed E-state index contributed by atoms with van der Waals surface area (Å²) in [6, 6.07) is 8.24. The molecule has 2 heterocycles. The summed E-state index contributed by atoms with van der Waals surface area (Å²) in [7, 11) is 0. The maximum absolute atomic E-state index is 12.5. The van der Waals surface area contributed by atoms with Crippen molar-refractivity contribution in [3.05, 3.63) is 52.0 Å². The van der Waals surface area contributed by atoms with E-state index in [4.69, 9.17) is 4.74 Å². The quantitative estimate of drug-likeness (QED) is 0.856. The predicted octanol–water partition coefficient (Wildman–Crippen LogP) is 3.05. The first-order valence-corrected chi connectivity index (χ1v) is 7.97. The molecular weight excluding hydrogens is 284 g/mol. The van der Waals surface area contributed by atoms with Crippen LogP contribution in [-0.2, 0) is 4.74 Å². The molecule has 5 heteroatoms. The van der Waals surface area contributed by atoms with Crippen LogP contribution in [0.25, 0.3) is 0 Å². The van der Waals surface area contributed by atoms with Gasteiger partial charge in [-0.3, -0.25) is 4.79 Å². The number of aryl methyl sites for hydroxylation is 1. The Morgan fingerprint density at radius 3 is 2.95 bits per heavy atom. The van der Waals surface area contributed by atoms with Crippen molar-refractivity contribution in [1.29, 1.82) is 0 Å². The van der Waals surface area contributed by atoms with E-state index >= 15 is 0 Å². The Kier molecular flexibility index (Phi) is 4.03. The lowest BCUT2D eigenvalue weighted by Crippen LogP contribution is -2.48. The smallest absolute Gasteiger partial charge is 0.273 e. The van der Waals surface area contributed by atoms with Crippen LogP contribution in [0.2, 0.25) is 0 Å². The molecule has 1 saturated heterocycles. The van der Waals surface area contributed by atoms with Crippen LogP contribution >= 0.6 is 11.3 Å². The van der Waals surface area contributed by atoms with E-state index in [0.717, 1.165) is 5.56 Å². The zero-order valence-electron chi connectivity index (χ0n) is 12.2. The minimum Gasteiger partial charge on any atom is -0.370 e. The molecule has 1 amide bonds. The van der Waals surface area contributed by atoms with E-state index in [0.29, 0.717) is 18.8 Å². The molecule has 1 aromatic carbocycles. The number of hydrogen-bond acceptors (Lipinski definition) is 4. The van der Waals surface area contributed by atoms with E-state index < -0.39 is 0 Å². The van der Waals surface area contributed by atoms with E-state index in [1.807, 2.05) is 24.0 Å². The Labute approximate surface area is 128 Å². The van der Waals surface area contributed by atoms with Crippen molar-refractivity contribution in [1.82, 2.24) is 9.88 Å². The number of thiazole rings is 1. The molecule has 110 valence electrons. The molecule has 4 nitrogen and oxygen atoms in total. The molecule has 1 aliphatic heterocycles. The highest BCUT2D eigenvalue weighted by Crippen LogP contribution is 2.28. The number of carbonyl (C=O) groups excluding carboxylic acids is 1. The Balaban J connectivity index is 1.82. The first-order chi connectivity index (χ1) is 10.2. The lowest BCUT2D eigenvalue weighted by atomic mass is 10.0. The first kappa shape index (κ1) is 14.2. The number of carbonyl (C=O) groups is 1. The summed E-state index contributed by atoms with van der Waals surface area (Å²) < 4.78 is 5.94. The van der Waals surface area contributed by atoms with E-state index in [-0.39, 0.29) is 18.1 Å². The number of hydrogen-bond donors (Lipinski definition) is 0. The third-order valence-electron chi connectivity index (χ3n) is 3.88. The van der Waals surface area contributed by atoms with Gasteiger partial charge in [0, 0.05) is 5.38 Å². The van der Waals surface area contributed by atoms with Crippen LogP contribution < -0.4 is 0 Å². The van der Waals surface area contributed by atoms with Gasteiger partial charge in [-0.2, -0.15) is 0 Å². The van der Waals surface area contributed by atoms with E-state index in [9.17, 15) is 4.79 Å². The molecule has 0 aliphatic carbocycles. The molecule has 0 spiro atoms. The summed E-state index contributed by atoms with van der Waals surface area (Å²) in [4.78, 5) is 18.5. The van der Waals surface area contributed by atoms with Gasteiger partial charge in [-0.15, -0.1) is 11.3 Å².